The van der Waals surface area contributed by atoms with Crippen molar-refractivity contribution in [3.63, 3.8) is 0 Å². The SMILES string of the molecule is CCCCCCC(CCCCCC)CCCOC(=O)CCCCCCCN(CCCCCCCC(=O)OCCCC(CCCCCC)CCCCCC)C(=O)NCCN1CCCC1. The van der Waals surface area contributed by atoms with Crippen LogP contribution in [0.25, 0.3) is 0 Å². The Balaban J connectivity index is 2.28. The Morgan fingerprint density at radius 2 is 0.810 bits per heavy atom. The summed E-state index contributed by atoms with van der Waals surface area (Å²) in [4.78, 5) is 42.7. The van der Waals surface area contributed by atoms with E-state index in [-0.39, 0.29) is 18.0 Å². The lowest BCUT2D eigenvalue weighted by atomic mass is 9.91. The molecule has 1 heterocycles. The molecular formula is C55H107N3O5. The van der Waals surface area contributed by atoms with Crippen molar-refractivity contribution in [1.82, 2.24) is 15.1 Å². The fourth-order valence-corrected chi connectivity index (χ4v) is 9.52. The van der Waals surface area contributed by atoms with Crippen LogP contribution in [0.15, 0.2) is 0 Å². The van der Waals surface area contributed by atoms with Gasteiger partial charge in [0.1, 0.15) is 0 Å². The quantitative estimate of drug-likeness (QED) is 0.0484. The summed E-state index contributed by atoms with van der Waals surface area (Å²) in [5, 5.41) is 3.21. The number of hydrogen-bond acceptors (Lipinski definition) is 6. The van der Waals surface area contributed by atoms with Gasteiger partial charge in [-0.25, -0.2) is 4.79 Å². The molecule has 1 aliphatic heterocycles. The van der Waals surface area contributed by atoms with Gasteiger partial charge in [-0.1, -0.05) is 195 Å². The predicted molar refractivity (Wildman–Crippen MR) is 268 cm³/mol. The van der Waals surface area contributed by atoms with Crippen LogP contribution >= 0.6 is 0 Å². The number of ether oxygens (including phenoxy) is 2. The highest BCUT2D eigenvalue weighted by Gasteiger charge is 2.16. The maximum atomic E-state index is 13.3. The first kappa shape index (κ1) is 59.2. The van der Waals surface area contributed by atoms with Gasteiger partial charge in [0.15, 0.2) is 0 Å². The van der Waals surface area contributed by atoms with E-state index in [2.05, 4.69) is 37.9 Å². The molecule has 0 radical (unpaired) electrons. The molecule has 1 aliphatic rings. The highest BCUT2D eigenvalue weighted by atomic mass is 16.5. The van der Waals surface area contributed by atoms with E-state index in [9.17, 15) is 14.4 Å². The number of likely N-dealkylation sites (tertiary alicyclic amines) is 1. The second kappa shape index (κ2) is 45.3. The standard InChI is InChI=1S/C55H107N3O5/c1-5-9-13-23-35-51(36-24-14-10-6-2)39-33-49-62-53(59)41-27-19-17-21-29-46-58(55(61)56-43-48-57-44-31-32-45-57)47-30-22-18-20-28-42-54(60)63-50-34-40-52(37-25-15-11-7-3)38-26-16-12-8-4/h51-52H,5-50H2,1-4H3,(H,56,61). The van der Waals surface area contributed by atoms with E-state index in [0.29, 0.717) is 32.6 Å². The summed E-state index contributed by atoms with van der Waals surface area (Å²) in [7, 11) is 0. The molecule has 0 aliphatic carbocycles. The zero-order valence-corrected chi connectivity index (χ0v) is 42.6. The molecule has 1 N–H and O–H groups in total. The minimum Gasteiger partial charge on any atom is -0.466 e. The van der Waals surface area contributed by atoms with Crippen LogP contribution in [0.5, 0.6) is 0 Å². The number of carbonyl (C=O) groups is 3. The van der Waals surface area contributed by atoms with Crippen LogP contribution in [0, 0.1) is 11.8 Å². The molecule has 0 bridgehead atoms. The first-order chi connectivity index (χ1) is 30.9. The molecule has 2 amide bonds. The van der Waals surface area contributed by atoms with Crippen LogP contribution in [-0.2, 0) is 19.1 Å². The van der Waals surface area contributed by atoms with E-state index < -0.39 is 0 Å². The molecule has 1 rings (SSSR count). The maximum Gasteiger partial charge on any atom is 0.317 e. The molecule has 372 valence electrons. The average molecular weight is 890 g/mol. The highest BCUT2D eigenvalue weighted by Crippen LogP contribution is 2.24. The van der Waals surface area contributed by atoms with Gasteiger partial charge in [-0.2, -0.15) is 0 Å². The molecule has 8 heteroatoms. The summed E-state index contributed by atoms with van der Waals surface area (Å²) in [5.41, 5.74) is 0. The fraction of sp³-hybridized carbons (Fsp3) is 0.945. The molecule has 1 fully saturated rings. The van der Waals surface area contributed by atoms with E-state index >= 15 is 0 Å². The Morgan fingerprint density at radius 3 is 1.21 bits per heavy atom. The van der Waals surface area contributed by atoms with E-state index in [0.717, 1.165) is 122 Å². The summed E-state index contributed by atoms with van der Waals surface area (Å²) in [6.45, 7) is 15.7. The van der Waals surface area contributed by atoms with Gasteiger partial charge in [-0.05, 0) is 89.1 Å². The fourth-order valence-electron chi connectivity index (χ4n) is 9.52. The molecule has 0 unspecified atom stereocenters. The Labute approximate surface area is 391 Å². The van der Waals surface area contributed by atoms with Crippen molar-refractivity contribution >= 4 is 18.0 Å². The number of rotatable bonds is 47. The summed E-state index contributed by atoms with van der Waals surface area (Å²) in [5.74, 6) is 1.50. The van der Waals surface area contributed by atoms with Gasteiger partial charge in [0.2, 0.25) is 0 Å². The lowest BCUT2D eigenvalue weighted by Gasteiger charge is -2.24. The lowest BCUT2D eigenvalue weighted by molar-refractivity contribution is -0.144. The number of urea groups is 1. The van der Waals surface area contributed by atoms with Gasteiger partial charge < -0.3 is 24.6 Å². The second-order valence-corrected chi connectivity index (χ2v) is 19.7. The van der Waals surface area contributed by atoms with Crippen LogP contribution in [0.2, 0.25) is 0 Å². The number of hydrogen-bond donors (Lipinski definition) is 1. The second-order valence-electron chi connectivity index (χ2n) is 19.7. The molecule has 0 aromatic carbocycles. The van der Waals surface area contributed by atoms with Crippen molar-refractivity contribution in [1.29, 1.82) is 0 Å². The summed E-state index contributed by atoms with van der Waals surface area (Å²) < 4.78 is 11.3. The Hall–Kier alpha value is -1.83. The van der Waals surface area contributed by atoms with Crippen LogP contribution in [0.4, 0.5) is 4.79 Å². The molecule has 0 saturated carbocycles. The van der Waals surface area contributed by atoms with Crippen LogP contribution in [-0.4, -0.2) is 80.3 Å². The minimum absolute atomic E-state index is 0.0374. The largest absolute Gasteiger partial charge is 0.466 e. The van der Waals surface area contributed by atoms with Crippen LogP contribution in [0.1, 0.15) is 272 Å². The number of carbonyl (C=O) groups excluding carboxylic acids is 3. The Kier molecular flexibility index (Phi) is 42.6. The normalized spacial score (nSPS) is 13.0. The Bertz CT molecular complexity index is 934. The van der Waals surface area contributed by atoms with Crippen molar-refractivity contribution in [3.05, 3.63) is 0 Å². The molecule has 0 spiro atoms. The third-order valence-electron chi connectivity index (χ3n) is 13.7. The van der Waals surface area contributed by atoms with Crippen molar-refractivity contribution < 1.29 is 23.9 Å². The maximum absolute atomic E-state index is 13.3. The average Bonchev–Trinajstić information content (AvgIpc) is 3.81. The first-order valence-electron chi connectivity index (χ1n) is 28.0. The number of nitrogens with zero attached hydrogens (tertiary/aromatic N) is 2. The van der Waals surface area contributed by atoms with Gasteiger partial charge in [-0.15, -0.1) is 0 Å². The number of unbranched alkanes of at least 4 members (excludes halogenated alkanes) is 20. The molecule has 0 aromatic heterocycles. The van der Waals surface area contributed by atoms with Crippen molar-refractivity contribution in [2.45, 2.75) is 272 Å². The summed E-state index contributed by atoms with van der Waals surface area (Å²) >= 11 is 0. The number of esters is 2. The van der Waals surface area contributed by atoms with Crippen LogP contribution in [0.3, 0.4) is 0 Å². The highest BCUT2D eigenvalue weighted by molar-refractivity contribution is 5.74. The van der Waals surface area contributed by atoms with Gasteiger partial charge in [0.25, 0.3) is 0 Å². The van der Waals surface area contributed by atoms with E-state index in [1.54, 1.807) is 0 Å². The number of amides is 2. The third kappa shape index (κ3) is 38.0. The van der Waals surface area contributed by atoms with E-state index in [1.807, 2.05) is 4.90 Å². The number of nitrogens with one attached hydrogen (secondary N) is 1. The predicted octanol–water partition coefficient (Wildman–Crippen LogP) is 15.5. The first-order valence-corrected chi connectivity index (χ1v) is 28.0. The lowest BCUT2D eigenvalue weighted by Crippen LogP contribution is -2.43. The van der Waals surface area contributed by atoms with Gasteiger partial charge in [0, 0.05) is 39.0 Å². The monoisotopic (exact) mass is 890 g/mol. The smallest absolute Gasteiger partial charge is 0.317 e. The van der Waals surface area contributed by atoms with Gasteiger partial charge in [-0.3, -0.25) is 9.59 Å². The van der Waals surface area contributed by atoms with Crippen LogP contribution < -0.4 is 5.32 Å². The van der Waals surface area contributed by atoms with Crippen molar-refractivity contribution in [3.8, 4) is 0 Å². The van der Waals surface area contributed by atoms with Gasteiger partial charge in [0.05, 0.1) is 13.2 Å². The minimum atomic E-state index is -0.0374. The molecule has 0 aromatic rings. The topological polar surface area (TPSA) is 88.2 Å². The van der Waals surface area contributed by atoms with E-state index in [4.69, 9.17) is 9.47 Å². The Morgan fingerprint density at radius 1 is 0.460 bits per heavy atom. The molecule has 8 nitrogen and oxygen atoms in total. The zero-order valence-electron chi connectivity index (χ0n) is 42.6. The third-order valence-corrected chi connectivity index (χ3v) is 13.7. The molecule has 1 saturated heterocycles. The molecular weight excluding hydrogens is 783 g/mol. The zero-order chi connectivity index (χ0) is 45.7. The van der Waals surface area contributed by atoms with Gasteiger partial charge >= 0.3 is 18.0 Å². The van der Waals surface area contributed by atoms with Crippen molar-refractivity contribution in [2.75, 3.05) is 52.5 Å². The summed E-state index contributed by atoms with van der Waals surface area (Å²) in [6.07, 6.45) is 44.7. The van der Waals surface area contributed by atoms with Crippen molar-refractivity contribution in [2.24, 2.45) is 11.8 Å². The van der Waals surface area contributed by atoms with E-state index in [1.165, 1.54) is 154 Å². The molecule has 0 atom stereocenters. The summed E-state index contributed by atoms with van der Waals surface area (Å²) in [6, 6.07) is 0.0679. The molecule has 63 heavy (non-hydrogen) atoms.